The van der Waals surface area contributed by atoms with E-state index in [1.165, 1.54) is 5.57 Å². The van der Waals surface area contributed by atoms with Gasteiger partial charge in [-0.2, -0.15) is 0 Å². The number of rotatable bonds is 4. The van der Waals surface area contributed by atoms with Crippen LogP contribution in [0.4, 0.5) is 0 Å². The summed E-state index contributed by atoms with van der Waals surface area (Å²) in [6, 6.07) is 0. The number of carbonyl (C=O) groups excluding carboxylic acids is 2. The lowest BCUT2D eigenvalue weighted by Crippen LogP contribution is -2.34. The molecular weight excluding hydrogens is 240 g/mol. The first-order valence-electron chi connectivity index (χ1n) is 6.67. The van der Waals surface area contributed by atoms with Crippen LogP contribution < -0.4 is 0 Å². The van der Waals surface area contributed by atoms with Crippen LogP contribution >= 0.6 is 0 Å². The van der Waals surface area contributed by atoms with Crippen LogP contribution in [-0.2, 0) is 9.59 Å². The number of carbonyl (C=O) groups is 2. The van der Waals surface area contributed by atoms with Crippen LogP contribution in [0.15, 0.2) is 36.1 Å². The van der Waals surface area contributed by atoms with Crippen molar-refractivity contribution in [3.05, 3.63) is 36.1 Å². The smallest absolute Gasteiger partial charge is 0.231 e. The van der Waals surface area contributed by atoms with E-state index in [-0.39, 0.29) is 11.8 Å². The molecule has 0 aliphatic carbocycles. The average Bonchev–Trinajstić information content (AvgIpc) is 3.02. The molecule has 0 N–H and O–H groups in total. The molecule has 2 aliphatic rings. The third-order valence-electron chi connectivity index (χ3n) is 3.81. The molecule has 2 rings (SSSR count). The minimum absolute atomic E-state index is 0.0526. The van der Waals surface area contributed by atoms with E-state index in [4.69, 9.17) is 0 Å². The van der Waals surface area contributed by atoms with Gasteiger partial charge in [0.15, 0.2) is 0 Å². The van der Waals surface area contributed by atoms with E-state index < -0.39 is 0 Å². The summed E-state index contributed by atoms with van der Waals surface area (Å²) in [5.74, 6) is 0.0909. The molecule has 1 atom stereocenters. The van der Waals surface area contributed by atoms with Gasteiger partial charge < -0.3 is 9.80 Å². The summed E-state index contributed by atoms with van der Waals surface area (Å²) in [5.41, 5.74) is 2.23. The van der Waals surface area contributed by atoms with Gasteiger partial charge in [-0.3, -0.25) is 9.59 Å². The fraction of sp³-hybridized carbons (Fsp3) is 0.467. The molecule has 0 bridgehead atoms. The Morgan fingerprint density at radius 2 is 2.21 bits per heavy atom. The lowest BCUT2D eigenvalue weighted by atomic mass is 10.1. The largest absolute Gasteiger partial charge is 0.344 e. The van der Waals surface area contributed by atoms with Gasteiger partial charge in [-0.05, 0) is 31.4 Å². The number of hydrogen-bond acceptors (Lipinski definition) is 2. The fourth-order valence-corrected chi connectivity index (χ4v) is 2.68. The lowest BCUT2D eigenvalue weighted by molar-refractivity contribution is -0.132. The van der Waals surface area contributed by atoms with E-state index in [0.29, 0.717) is 13.1 Å². The van der Waals surface area contributed by atoms with E-state index in [1.807, 2.05) is 17.1 Å². The van der Waals surface area contributed by atoms with E-state index in [9.17, 15) is 9.59 Å². The first-order valence-corrected chi connectivity index (χ1v) is 6.67. The first kappa shape index (κ1) is 13.6. The highest BCUT2D eigenvalue weighted by Crippen LogP contribution is 2.27. The molecule has 4 nitrogen and oxygen atoms in total. The van der Waals surface area contributed by atoms with Crippen molar-refractivity contribution in [2.75, 3.05) is 19.6 Å². The Hall–Kier alpha value is -1.84. The van der Waals surface area contributed by atoms with Crippen LogP contribution in [-0.4, -0.2) is 41.8 Å². The summed E-state index contributed by atoms with van der Waals surface area (Å²) in [6.07, 6.45) is 8.04. The zero-order chi connectivity index (χ0) is 13.8. The SMILES string of the molecule is C=C/C=C\C1=C(C)CCN1C(=O)C1CCN(C=O)C1. The number of allylic oxidation sites excluding steroid dienone is 3. The summed E-state index contributed by atoms with van der Waals surface area (Å²) in [4.78, 5) is 26.8. The topological polar surface area (TPSA) is 40.6 Å². The molecule has 1 fully saturated rings. The molecule has 2 amide bonds. The van der Waals surface area contributed by atoms with E-state index in [0.717, 1.165) is 31.5 Å². The van der Waals surface area contributed by atoms with Crippen molar-refractivity contribution < 1.29 is 9.59 Å². The maximum absolute atomic E-state index is 12.5. The van der Waals surface area contributed by atoms with Crippen molar-refractivity contribution in [3.8, 4) is 0 Å². The molecule has 0 saturated carbocycles. The summed E-state index contributed by atoms with van der Waals surface area (Å²) >= 11 is 0. The van der Waals surface area contributed by atoms with Crippen molar-refractivity contribution in [1.29, 1.82) is 0 Å². The second-order valence-corrected chi connectivity index (χ2v) is 5.09. The molecule has 4 heteroatoms. The highest BCUT2D eigenvalue weighted by molar-refractivity contribution is 5.82. The Kier molecular flexibility index (Phi) is 4.20. The predicted octanol–water partition coefficient (Wildman–Crippen LogP) is 1.71. The number of amides is 2. The lowest BCUT2D eigenvalue weighted by Gasteiger charge is -2.22. The van der Waals surface area contributed by atoms with Gasteiger partial charge in [0, 0.05) is 25.3 Å². The molecule has 0 aromatic heterocycles. The molecule has 19 heavy (non-hydrogen) atoms. The van der Waals surface area contributed by atoms with Crippen molar-refractivity contribution >= 4 is 12.3 Å². The van der Waals surface area contributed by atoms with Crippen LogP contribution in [0, 0.1) is 5.92 Å². The van der Waals surface area contributed by atoms with Crippen molar-refractivity contribution in [2.45, 2.75) is 19.8 Å². The third-order valence-corrected chi connectivity index (χ3v) is 3.81. The van der Waals surface area contributed by atoms with Crippen LogP contribution in [0.3, 0.4) is 0 Å². The molecular formula is C15H20N2O2. The molecule has 1 unspecified atom stereocenters. The average molecular weight is 260 g/mol. The molecule has 2 heterocycles. The zero-order valence-electron chi connectivity index (χ0n) is 11.3. The number of hydrogen-bond donors (Lipinski definition) is 0. The molecule has 2 aliphatic heterocycles. The van der Waals surface area contributed by atoms with Gasteiger partial charge in [-0.15, -0.1) is 0 Å². The fourth-order valence-electron chi connectivity index (χ4n) is 2.68. The molecule has 0 aromatic rings. The zero-order valence-corrected chi connectivity index (χ0v) is 11.3. The van der Waals surface area contributed by atoms with Crippen LogP contribution in [0.1, 0.15) is 19.8 Å². The second-order valence-electron chi connectivity index (χ2n) is 5.09. The molecule has 0 spiro atoms. The van der Waals surface area contributed by atoms with E-state index in [2.05, 4.69) is 13.5 Å². The molecule has 0 radical (unpaired) electrons. The van der Waals surface area contributed by atoms with Gasteiger partial charge in [-0.1, -0.05) is 18.7 Å². The molecule has 102 valence electrons. The van der Waals surface area contributed by atoms with Gasteiger partial charge in [-0.25, -0.2) is 0 Å². The Balaban J connectivity index is 2.09. The summed E-state index contributed by atoms with van der Waals surface area (Å²) in [6.45, 7) is 7.70. The Bertz CT molecular complexity index is 451. The van der Waals surface area contributed by atoms with Crippen molar-refractivity contribution in [3.63, 3.8) is 0 Å². The summed E-state index contributed by atoms with van der Waals surface area (Å²) < 4.78 is 0. The summed E-state index contributed by atoms with van der Waals surface area (Å²) in [7, 11) is 0. The minimum atomic E-state index is -0.0526. The standard InChI is InChI=1S/C15H20N2O2/c1-3-4-5-14-12(2)6-9-17(14)15(19)13-7-8-16(10-13)11-18/h3-5,11,13H,1,6-10H2,2H3/b5-4-. The van der Waals surface area contributed by atoms with Gasteiger partial charge in [0.1, 0.15) is 0 Å². The van der Waals surface area contributed by atoms with Gasteiger partial charge >= 0.3 is 0 Å². The van der Waals surface area contributed by atoms with Crippen LogP contribution in [0.25, 0.3) is 0 Å². The quantitative estimate of drug-likeness (QED) is 0.570. The summed E-state index contributed by atoms with van der Waals surface area (Å²) in [5, 5.41) is 0. The maximum atomic E-state index is 12.5. The monoisotopic (exact) mass is 260 g/mol. The number of nitrogens with zero attached hydrogens (tertiary/aromatic N) is 2. The van der Waals surface area contributed by atoms with Gasteiger partial charge in [0.05, 0.1) is 5.92 Å². The maximum Gasteiger partial charge on any atom is 0.231 e. The number of likely N-dealkylation sites (tertiary alicyclic amines) is 1. The Morgan fingerprint density at radius 1 is 1.42 bits per heavy atom. The van der Waals surface area contributed by atoms with Gasteiger partial charge in [0.2, 0.25) is 12.3 Å². The molecule has 1 saturated heterocycles. The first-order chi connectivity index (χ1) is 9.17. The third kappa shape index (κ3) is 2.78. The van der Waals surface area contributed by atoms with Crippen molar-refractivity contribution in [2.24, 2.45) is 5.92 Å². The van der Waals surface area contributed by atoms with E-state index in [1.54, 1.807) is 11.0 Å². The highest BCUT2D eigenvalue weighted by Gasteiger charge is 2.33. The Morgan fingerprint density at radius 3 is 2.84 bits per heavy atom. The normalized spacial score (nSPS) is 23.5. The minimum Gasteiger partial charge on any atom is -0.344 e. The van der Waals surface area contributed by atoms with Crippen LogP contribution in [0.5, 0.6) is 0 Å². The highest BCUT2D eigenvalue weighted by atomic mass is 16.2. The van der Waals surface area contributed by atoms with Gasteiger partial charge in [0.25, 0.3) is 0 Å². The Labute approximate surface area is 114 Å². The van der Waals surface area contributed by atoms with Crippen LogP contribution in [0.2, 0.25) is 0 Å². The predicted molar refractivity (Wildman–Crippen MR) is 74.1 cm³/mol. The molecule has 0 aromatic carbocycles. The van der Waals surface area contributed by atoms with Crippen molar-refractivity contribution in [1.82, 2.24) is 9.80 Å². The second kappa shape index (κ2) is 5.87. The van der Waals surface area contributed by atoms with E-state index >= 15 is 0 Å².